The van der Waals surface area contributed by atoms with Gasteiger partial charge in [0.1, 0.15) is 0 Å². The fraction of sp³-hybridized carbons (Fsp3) is 0.611. The van der Waals surface area contributed by atoms with E-state index >= 15 is 0 Å². The van der Waals surface area contributed by atoms with Crippen LogP contribution in [0, 0.1) is 20.8 Å². The summed E-state index contributed by atoms with van der Waals surface area (Å²) in [5, 5.41) is 0. The van der Waals surface area contributed by atoms with E-state index in [-0.39, 0.29) is 12.0 Å². The highest BCUT2D eigenvalue weighted by Gasteiger charge is 2.25. The molecule has 3 nitrogen and oxygen atoms in total. The quantitative estimate of drug-likeness (QED) is 0.712. The van der Waals surface area contributed by atoms with Gasteiger partial charge in [-0.1, -0.05) is 31.5 Å². The minimum absolute atomic E-state index is 0.0969. The van der Waals surface area contributed by atoms with Crippen LogP contribution >= 0.6 is 0 Å². The SMILES string of the molecule is CCOC(=O)CC(c1c(C)cc(C)cc1C)N(CC)CC. The van der Waals surface area contributed by atoms with E-state index in [0.29, 0.717) is 13.0 Å². The van der Waals surface area contributed by atoms with Gasteiger partial charge < -0.3 is 4.74 Å². The molecule has 1 aromatic carbocycles. The summed E-state index contributed by atoms with van der Waals surface area (Å²) in [6.07, 6.45) is 0.417. The molecule has 0 aliphatic rings. The number of nitrogens with zero attached hydrogens (tertiary/aromatic N) is 1. The number of hydrogen-bond donors (Lipinski definition) is 0. The minimum Gasteiger partial charge on any atom is -0.466 e. The monoisotopic (exact) mass is 291 g/mol. The van der Waals surface area contributed by atoms with E-state index < -0.39 is 0 Å². The van der Waals surface area contributed by atoms with Crippen molar-refractivity contribution < 1.29 is 9.53 Å². The molecule has 0 radical (unpaired) electrons. The summed E-state index contributed by atoms with van der Waals surface area (Å²) >= 11 is 0. The first-order valence-corrected chi connectivity index (χ1v) is 7.91. The summed E-state index contributed by atoms with van der Waals surface area (Å²) < 4.78 is 5.17. The largest absolute Gasteiger partial charge is 0.466 e. The van der Waals surface area contributed by atoms with Crippen molar-refractivity contribution in [2.75, 3.05) is 19.7 Å². The molecule has 0 aliphatic heterocycles. The van der Waals surface area contributed by atoms with Gasteiger partial charge >= 0.3 is 5.97 Å². The average Bonchev–Trinajstić information content (AvgIpc) is 2.38. The van der Waals surface area contributed by atoms with Gasteiger partial charge in [-0.3, -0.25) is 9.69 Å². The topological polar surface area (TPSA) is 29.5 Å². The van der Waals surface area contributed by atoms with Crippen LogP contribution < -0.4 is 0 Å². The highest BCUT2D eigenvalue weighted by Crippen LogP contribution is 2.31. The summed E-state index contributed by atoms with van der Waals surface area (Å²) in [6, 6.07) is 4.49. The molecule has 0 aromatic heterocycles. The zero-order chi connectivity index (χ0) is 16.0. The third kappa shape index (κ3) is 4.57. The summed E-state index contributed by atoms with van der Waals surface area (Å²) in [7, 11) is 0. The molecule has 1 unspecified atom stereocenters. The number of carbonyl (C=O) groups excluding carboxylic acids is 1. The van der Waals surface area contributed by atoms with Crippen molar-refractivity contribution in [3.8, 4) is 0 Å². The highest BCUT2D eigenvalue weighted by molar-refractivity contribution is 5.70. The Hall–Kier alpha value is -1.35. The predicted molar refractivity (Wildman–Crippen MR) is 87.6 cm³/mol. The predicted octanol–water partition coefficient (Wildman–Crippen LogP) is 3.95. The zero-order valence-electron chi connectivity index (χ0n) is 14.3. The van der Waals surface area contributed by atoms with Crippen molar-refractivity contribution >= 4 is 5.97 Å². The van der Waals surface area contributed by atoms with Crippen molar-refractivity contribution in [2.45, 2.75) is 54.0 Å². The lowest BCUT2D eigenvalue weighted by Gasteiger charge is -2.32. The van der Waals surface area contributed by atoms with E-state index in [1.54, 1.807) is 0 Å². The molecule has 0 aliphatic carbocycles. The van der Waals surface area contributed by atoms with E-state index in [4.69, 9.17) is 4.74 Å². The fourth-order valence-electron chi connectivity index (χ4n) is 3.17. The molecule has 0 heterocycles. The van der Waals surface area contributed by atoms with Crippen LogP contribution in [-0.2, 0) is 9.53 Å². The normalized spacial score (nSPS) is 12.5. The van der Waals surface area contributed by atoms with Crippen molar-refractivity contribution in [2.24, 2.45) is 0 Å². The number of ether oxygens (including phenoxy) is 1. The zero-order valence-corrected chi connectivity index (χ0v) is 14.3. The summed E-state index contributed by atoms with van der Waals surface area (Å²) in [4.78, 5) is 14.3. The maximum Gasteiger partial charge on any atom is 0.307 e. The van der Waals surface area contributed by atoms with Crippen molar-refractivity contribution in [1.82, 2.24) is 4.90 Å². The molecule has 0 spiro atoms. The minimum atomic E-state index is -0.117. The molecular formula is C18H29NO2. The van der Waals surface area contributed by atoms with E-state index in [1.807, 2.05) is 6.92 Å². The Labute approximate surface area is 129 Å². The third-order valence-corrected chi connectivity index (χ3v) is 3.99. The van der Waals surface area contributed by atoms with E-state index in [2.05, 4.69) is 51.7 Å². The highest BCUT2D eigenvalue weighted by atomic mass is 16.5. The second-order valence-electron chi connectivity index (χ2n) is 5.56. The molecule has 0 saturated carbocycles. The Bertz CT molecular complexity index is 455. The number of rotatable bonds is 7. The number of aryl methyl sites for hydroxylation is 3. The second kappa shape index (κ2) is 8.18. The molecule has 0 bridgehead atoms. The molecule has 3 heteroatoms. The number of esters is 1. The van der Waals surface area contributed by atoms with Crippen LogP contribution in [0.2, 0.25) is 0 Å². The Kier molecular flexibility index (Phi) is 6.90. The fourth-order valence-corrected chi connectivity index (χ4v) is 3.17. The maximum absolute atomic E-state index is 12.0. The van der Waals surface area contributed by atoms with Gasteiger partial charge in [-0.2, -0.15) is 0 Å². The van der Waals surface area contributed by atoms with Crippen LogP contribution in [0.4, 0.5) is 0 Å². The summed E-state index contributed by atoms with van der Waals surface area (Å²) in [5.74, 6) is -0.117. The molecule has 0 amide bonds. The lowest BCUT2D eigenvalue weighted by atomic mass is 9.91. The first-order valence-electron chi connectivity index (χ1n) is 7.91. The van der Waals surface area contributed by atoms with Crippen LogP contribution in [0.5, 0.6) is 0 Å². The first kappa shape index (κ1) is 17.7. The van der Waals surface area contributed by atoms with Gasteiger partial charge in [0.15, 0.2) is 0 Å². The van der Waals surface area contributed by atoms with Gasteiger partial charge in [0.25, 0.3) is 0 Å². The standard InChI is InChI=1S/C18H29NO2/c1-7-19(8-2)16(12-17(20)21-9-3)18-14(5)10-13(4)11-15(18)6/h10-11,16H,7-9,12H2,1-6H3. The van der Waals surface area contributed by atoms with Crippen LogP contribution in [0.1, 0.15) is 55.5 Å². The third-order valence-electron chi connectivity index (χ3n) is 3.99. The number of carbonyl (C=O) groups is 1. The van der Waals surface area contributed by atoms with Gasteiger partial charge in [0, 0.05) is 6.04 Å². The van der Waals surface area contributed by atoms with E-state index in [9.17, 15) is 4.79 Å². The van der Waals surface area contributed by atoms with Crippen LogP contribution in [-0.4, -0.2) is 30.6 Å². The van der Waals surface area contributed by atoms with Crippen molar-refractivity contribution in [3.05, 3.63) is 34.4 Å². The van der Waals surface area contributed by atoms with Gasteiger partial charge in [0.05, 0.1) is 13.0 Å². The molecule has 0 fully saturated rings. The molecule has 0 saturated heterocycles. The molecule has 118 valence electrons. The maximum atomic E-state index is 12.0. The van der Waals surface area contributed by atoms with Gasteiger partial charge in [-0.15, -0.1) is 0 Å². The van der Waals surface area contributed by atoms with Gasteiger partial charge in [-0.05, 0) is 57.5 Å². The molecule has 1 rings (SSSR count). The van der Waals surface area contributed by atoms with Crippen LogP contribution in [0.3, 0.4) is 0 Å². The molecule has 0 N–H and O–H groups in total. The number of hydrogen-bond acceptors (Lipinski definition) is 3. The number of benzene rings is 1. The lowest BCUT2D eigenvalue weighted by molar-refractivity contribution is -0.144. The van der Waals surface area contributed by atoms with E-state index in [1.165, 1.54) is 22.3 Å². The Morgan fingerprint density at radius 3 is 2.05 bits per heavy atom. The lowest BCUT2D eigenvalue weighted by Crippen LogP contribution is -2.31. The van der Waals surface area contributed by atoms with Gasteiger partial charge in [-0.25, -0.2) is 0 Å². The molecule has 1 atom stereocenters. The first-order chi connectivity index (χ1) is 9.94. The Morgan fingerprint density at radius 1 is 1.10 bits per heavy atom. The average molecular weight is 291 g/mol. The van der Waals surface area contributed by atoms with Crippen LogP contribution in [0.15, 0.2) is 12.1 Å². The summed E-state index contributed by atoms with van der Waals surface area (Å²) in [6.45, 7) is 14.8. The van der Waals surface area contributed by atoms with Crippen molar-refractivity contribution in [3.63, 3.8) is 0 Å². The van der Waals surface area contributed by atoms with Crippen LogP contribution in [0.25, 0.3) is 0 Å². The van der Waals surface area contributed by atoms with Gasteiger partial charge in [0.2, 0.25) is 0 Å². The second-order valence-corrected chi connectivity index (χ2v) is 5.56. The Morgan fingerprint density at radius 2 is 1.62 bits per heavy atom. The molecule has 1 aromatic rings. The summed E-state index contributed by atoms with van der Waals surface area (Å²) in [5.41, 5.74) is 5.06. The molecule has 21 heavy (non-hydrogen) atoms. The van der Waals surface area contributed by atoms with E-state index in [0.717, 1.165) is 13.1 Å². The smallest absolute Gasteiger partial charge is 0.307 e. The molecular weight excluding hydrogens is 262 g/mol. The Balaban J connectivity index is 3.20. The van der Waals surface area contributed by atoms with Crippen molar-refractivity contribution in [1.29, 1.82) is 0 Å².